The summed E-state index contributed by atoms with van der Waals surface area (Å²) in [6.07, 6.45) is 0.902. The van der Waals surface area contributed by atoms with Gasteiger partial charge in [-0.05, 0) is 42.7 Å². The minimum absolute atomic E-state index is 0.0680. The number of hydrogen-bond donors (Lipinski definition) is 1. The Balaban J connectivity index is 1.61. The van der Waals surface area contributed by atoms with Gasteiger partial charge in [0, 0.05) is 19.5 Å². The highest BCUT2D eigenvalue weighted by Gasteiger charge is 2.17. The van der Waals surface area contributed by atoms with Crippen LogP contribution in [-0.4, -0.2) is 29.3 Å². The summed E-state index contributed by atoms with van der Waals surface area (Å²) in [5.74, 6) is 1.78. The zero-order chi connectivity index (χ0) is 16.9. The number of carbonyl (C=O) groups excluding carboxylic acids is 1. The first-order chi connectivity index (χ1) is 11.7. The molecule has 1 aliphatic rings. The van der Waals surface area contributed by atoms with E-state index in [1.165, 1.54) is 0 Å². The van der Waals surface area contributed by atoms with E-state index in [4.69, 9.17) is 9.47 Å². The second kappa shape index (κ2) is 7.25. The largest absolute Gasteiger partial charge is 0.508 e. The van der Waals surface area contributed by atoms with Crippen LogP contribution in [0.4, 0.5) is 0 Å². The third kappa shape index (κ3) is 3.62. The number of fused-ring (bicyclic) bond motifs is 1. The molecule has 0 aliphatic carbocycles. The quantitative estimate of drug-likeness (QED) is 0.886. The summed E-state index contributed by atoms with van der Waals surface area (Å²) in [5, 5.41) is 9.79. The fourth-order valence-electron chi connectivity index (χ4n) is 2.76. The van der Waals surface area contributed by atoms with Crippen molar-refractivity contribution in [1.29, 1.82) is 0 Å². The Morgan fingerprint density at radius 1 is 1.17 bits per heavy atom. The summed E-state index contributed by atoms with van der Waals surface area (Å²) in [5.41, 5.74) is 1.81. The average molecular weight is 327 g/mol. The van der Waals surface area contributed by atoms with Gasteiger partial charge in [0.2, 0.25) is 12.7 Å². The summed E-state index contributed by atoms with van der Waals surface area (Å²) in [6, 6.07) is 12.9. The SMILES string of the molecule is CCN(Cc1ccc2c(c1)OCO2)C(=O)CCc1ccccc1O. The second-order valence-corrected chi connectivity index (χ2v) is 5.72. The van der Waals surface area contributed by atoms with Gasteiger partial charge in [0.1, 0.15) is 5.75 Å². The zero-order valence-corrected chi connectivity index (χ0v) is 13.7. The number of carbonyl (C=O) groups is 1. The molecule has 0 spiro atoms. The number of ether oxygens (including phenoxy) is 2. The van der Waals surface area contributed by atoms with Gasteiger partial charge in [-0.2, -0.15) is 0 Å². The van der Waals surface area contributed by atoms with Crippen LogP contribution < -0.4 is 9.47 Å². The number of benzene rings is 2. The van der Waals surface area contributed by atoms with Crippen LogP contribution >= 0.6 is 0 Å². The van der Waals surface area contributed by atoms with E-state index in [0.29, 0.717) is 25.9 Å². The Labute approximate surface area is 141 Å². The number of phenols is 1. The van der Waals surface area contributed by atoms with Crippen LogP contribution in [-0.2, 0) is 17.8 Å². The molecule has 24 heavy (non-hydrogen) atoms. The van der Waals surface area contributed by atoms with Crippen molar-refractivity contribution in [2.45, 2.75) is 26.3 Å². The highest BCUT2D eigenvalue weighted by molar-refractivity contribution is 5.76. The van der Waals surface area contributed by atoms with Crippen LogP contribution in [0.15, 0.2) is 42.5 Å². The van der Waals surface area contributed by atoms with Gasteiger partial charge in [-0.3, -0.25) is 4.79 Å². The Kier molecular flexibility index (Phi) is 4.89. The smallest absolute Gasteiger partial charge is 0.231 e. The molecule has 2 aromatic carbocycles. The van der Waals surface area contributed by atoms with Crippen LogP contribution in [0.25, 0.3) is 0 Å². The van der Waals surface area contributed by atoms with E-state index in [2.05, 4.69) is 0 Å². The fourth-order valence-corrected chi connectivity index (χ4v) is 2.76. The van der Waals surface area contributed by atoms with E-state index in [-0.39, 0.29) is 18.4 Å². The van der Waals surface area contributed by atoms with Crippen LogP contribution in [0.2, 0.25) is 0 Å². The van der Waals surface area contributed by atoms with E-state index in [0.717, 1.165) is 22.6 Å². The molecule has 5 heteroatoms. The Morgan fingerprint density at radius 2 is 1.96 bits per heavy atom. The number of phenolic OH excluding ortho intramolecular Hbond substituents is 1. The van der Waals surface area contributed by atoms with Gasteiger partial charge >= 0.3 is 0 Å². The summed E-state index contributed by atoms with van der Waals surface area (Å²) in [4.78, 5) is 14.3. The highest BCUT2D eigenvalue weighted by Crippen LogP contribution is 2.32. The molecule has 3 rings (SSSR count). The van der Waals surface area contributed by atoms with Crippen molar-refractivity contribution < 1.29 is 19.4 Å². The van der Waals surface area contributed by atoms with E-state index in [9.17, 15) is 9.90 Å². The van der Waals surface area contributed by atoms with E-state index >= 15 is 0 Å². The lowest BCUT2D eigenvalue weighted by atomic mass is 10.1. The maximum atomic E-state index is 12.5. The molecule has 0 radical (unpaired) electrons. The molecule has 1 aliphatic heterocycles. The summed E-state index contributed by atoms with van der Waals surface area (Å²) >= 11 is 0. The molecule has 0 atom stereocenters. The normalized spacial score (nSPS) is 12.2. The molecule has 1 heterocycles. The highest BCUT2D eigenvalue weighted by atomic mass is 16.7. The topological polar surface area (TPSA) is 59.0 Å². The third-order valence-corrected chi connectivity index (χ3v) is 4.14. The van der Waals surface area contributed by atoms with Gasteiger partial charge in [0.05, 0.1) is 0 Å². The molecule has 0 bridgehead atoms. The Morgan fingerprint density at radius 3 is 2.75 bits per heavy atom. The van der Waals surface area contributed by atoms with Crippen molar-refractivity contribution in [3.05, 3.63) is 53.6 Å². The Bertz CT molecular complexity index is 729. The number of nitrogens with zero attached hydrogens (tertiary/aromatic N) is 1. The van der Waals surface area contributed by atoms with Gasteiger partial charge in [-0.25, -0.2) is 0 Å². The van der Waals surface area contributed by atoms with Crippen molar-refractivity contribution in [3.63, 3.8) is 0 Å². The molecular formula is C19H21NO4. The van der Waals surface area contributed by atoms with Gasteiger partial charge in [0.15, 0.2) is 11.5 Å². The second-order valence-electron chi connectivity index (χ2n) is 5.72. The van der Waals surface area contributed by atoms with Crippen molar-refractivity contribution in [1.82, 2.24) is 4.90 Å². The maximum absolute atomic E-state index is 12.5. The van der Waals surface area contributed by atoms with Crippen molar-refractivity contribution in [2.75, 3.05) is 13.3 Å². The molecule has 5 nitrogen and oxygen atoms in total. The first-order valence-corrected chi connectivity index (χ1v) is 8.10. The molecule has 0 aromatic heterocycles. The maximum Gasteiger partial charge on any atom is 0.231 e. The molecule has 2 aromatic rings. The molecule has 0 fully saturated rings. The number of para-hydroxylation sites is 1. The van der Waals surface area contributed by atoms with Crippen LogP contribution in [0, 0.1) is 0 Å². The van der Waals surface area contributed by atoms with Crippen LogP contribution in [0.1, 0.15) is 24.5 Å². The fraction of sp³-hybridized carbons (Fsp3) is 0.316. The molecule has 1 amide bonds. The summed E-state index contributed by atoms with van der Waals surface area (Å²) in [7, 11) is 0. The summed E-state index contributed by atoms with van der Waals surface area (Å²) in [6.45, 7) is 3.38. The first-order valence-electron chi connectivity index (χ1n) is 8.10. The minimum atomic E-state index is 0.0680. The number of aryl methyl sites for hydroxylation is 1. The lowest BCUT2D eigenvalue weighted by Gasteiger charge is -2.21. The molecule has 0 saturated carbocycles. The molecule has 0 unspecified atom stereocenters. The number of rotatable bonds is 6. The van der Waals surface area contributed by atoms with E-state index in [1.54, 1.807) is 17.0 Å². The standard InChI is InChI=1S/C19H21NO4/c1-2-20(12-14-7-9-17-18(11-14)24-13-23-17)19(22)10-8-15-5-3-4-6-16(15)21/h3-7,9,11,21H,2,8,10,12-13H2,1H3. The first kappa shape index (κ1) is 16.2. The van der Waals surface area contributed by atoms with Crippen molar-refractivity contribution in [2.24, 2.45) is 0 Å². The molecular weight excluding hydrogens is 306 g/mol. The molecule has 126 valence electrons. The zero-order valence-electron chi connectivity index (χ0n) is 13.7. The Hall–Kier alpha value is -2.69. The monoisotopic (exact) mass is 327 g/mol. The molecule has 0 saturated heterocycles. The van der Waals surface area contributed by atoms with E-state index in [1.807, 2.05) is 37.3 Å². The summed E-state index contributed by atoms with van der Waals surface area (Å²) < 4.78 is 10.7. The van der Waals surface area contributed by atoms with Crippen LogP contribution in [0.5, 0.6) is 17.2 Å². The van der Waals surface area contributed by atoms with Crippen molar-refractivity contribution >= 4 is 5.91 Å². The van der Waals surface area contributed by atoms with Gasteiger partial charge < -0.3 is 19.5 Å². The average Bonchev–Trinajstić information content (AvgIpc) is 3.06. The minimum Gasteiger partial charge on any atom is -0.508 e. The number of aromatic hydroxyl groups is 1. The predicted molar refractivity (Wildman–Crippen MR) is 90.1 cm³/mol. The van der Waals surface area contributed by atoms with Gasteiger partial charge in [0.25, 0.3) is 0 Å². The molecule has 1 N–H and O–H groups in total. The third-order valence-electron chi connectivity index (χ3n) is 4.14. The lowest BCUT2D eigenvalue weighted by Crippen LogP contribution is -2.30. The predicted octanol–water partition coefficient (Wildman–Crippen LogP) is 3.10. The van der Waals surface area contributed by atoms with Gasteiger partial charge in [-0.1, -0.05) is 24.3 Å². The number of hydrogen-bond acceptors (Lipinski definition) is 4. The van der Waals surface area contributed by atoms with Gasteiger partial charge in [-0.15, -0.1) is 0 Å². The van der Waals surface area contributed by atoms with Crippen LogP contribution in [0.3, 0.4) is 0 Å². The number of amides is 1. The van der Waals surface area contributed by atoms with E-state index < -0.39 is 0 Å². The lowest BCUT2D eigenvalue weighted by molar-refractivity contribution is -0.131. The van der Waals surface area contributed by atoms with Crippen molar-refractivity contribution in [3.8, 4) is 17.2 Å².